The van der Waals surface area contributed by atoms with Crippen LogP contribution < -0.4 is 10.2 Å². The van der Waals surface area contributed by atoms with E-state index in [-0.39, 0.29) is 17.4 Å². The maximum Gasteiger partial charge on any atom is 0.417 e. The molecule has 1 aromatic heterocycles. The van der Waals surface area contributed by atoms with Crippen LogP contribution in [0.15, 0.2) is 18.2 Å². The number of piperazine rings is 1. The molecule has 29 heavy (non-hydrogen) atoms. The smallest absolute Gasteiger partial charge is 0.358 e. The summed E-state index contributed by atoms with van der Waals surface area (Å²) in [6, 6.07) is 5.28. The Kier molecular flexibility index (Phi) is 6.53. The first kappa shape index (κ1) is 21.6. The Morgan fingerprint density at radius 1 is 1.28 bits per heavy atom. The number of nitrogens with zero attached hydrogens (tertiary/aromatic N) is 4. The lowest BCUT2D eigenvalue weighted by molar-refractivity contribution is -0.137. The van der Waals surface area contributed by atoms with Gasteiger partial charge in [-0.05, 0) is 29.7 Å². The van der Waals surface area contributed by atoms with Crippen LogP contribution in [0.2, 0.25) is 10.2 Å². The van der Waals surface area contributed by atoms with Crippen LogP contribution in [-0.4, -0.2) is 47.9 Å². The van der Waals surface area contributed by atoms with E-state index in [4.69, 9.17) is 23.2 Å². The van der Waals surface area contributed by atoms with E-state index >= 15 is 0 Å². The van der Waals surface area contributed by atoms with Crippen molar-refractivity contribution in [3.63, 3.8) is 0 Å². The molecule has 0 atom stereocenters. The summed E-state index contributed by atoms with van der Waals surface area (Å²) in [5.41, 5.74) is -0.628. The molecule has 1 fully saturated rings. The van der Waals surface area contributed by atoms with E-state index in [1.54, 1.807) is 0 Å². The fraction of sp³-hybridized carbons (Fsp3) is 0.353. The molecular formula is C17H14Cl2F3N5OS. The second-order valence-electron chi connectivity index (χ2n) is 6.27. The standard InChI is InChI=1S/C17H14Cl2F3N5OS/c18-13-2-1-10(7-12(13)17(20,21)22)24-14(28)9-26-3-5-27(6-4-26)16-11(8-23)15(19)25-29-16/h1-2,7H,3-6,9H2,(H,24,28). The van der Waals surface area contributed by atoms with Crippen molar-refractivity contribution in [1.82, 2.24) is 9.27 Å². The number of aromatic nitrogens is 1. The molecule has 1 N–H and O–H groups in total. The Hall–Kier alpha value is -2.06. The molecule has 1 aromatic carbocycles. The molecular weight excluding hydrogens is 450 g/mol. The van der Waals surface area contributed by atoms with E-state index < -0.39 is 22.7 Å². The van der Waals surface area contributed by atoms with Crippen molar-refractivity contribution in [2.24, 2.45) is 0 Å². The molecule has 1 aliphatic heterocycles. The van der Waals surface area contributed by atoms with Gasteiger partial charge < -0.3 is 10.2 Å². The van der Waals surface area contributed by atoms with Gasteiger partial charge in [0.05, 0.1) is 17.1 Å². The van der Waals surface area contributed by atoms with Crippen LogP contribution in [0, 0.1) is 11.3 Å². The van der Waals surface area contributed by atoms with Gasteiger partial charge in [0.15, 0.2) is 5.15 Å². The lowest BCUT2D eigenvalue weighted by Gasteiger charge is -2.34. The van der Waals surface area contributed by atoms with Gasteiger partial charge in [-0.1, -0.05) is 23.2 Å². The highest BCUT2D eigenvalue weighted by atomic mass is 35.5. The molecule has 0 spiro atoms. The second kappa shape index (κ2) is 8.75. The number of alkyl halides is 3. The third-order valence-electron chi connectivity index (χ3n) is 4.33. The zero-order valence-corrected chi connectivity index (χ0v) is 17.1. The molecule has 0 radical (unpaired) electrons. The van der Waals surface area contributed by atoms with Crippen molar-refractivity contribution in [1.29, 1.82) is 5.26 Å². The summed E-state index contributed by atoms with van der Waals surface area (Å²) >= 11 is 12.6. The number of nitrogens with one attached hydrogen (secondary N) is 1. The minimum Gasteiger partial charge on any atom is -0.358 e. The van der Waals surface area contributed by atoms with E-state index in [1.807, 2.05) is 15.9 Å². The number of hydrogen-bond donors (Lipinski definition) is 1. The number of amides is 1. The van der Waals surface area contributed by atoms with Crippen LogP contribution in [0.1, 0.15) is 11.1 Å². The molecule has 1 aliphatic rings. The summed E-state index contributed by atoms with van der Waals surface area (Å²) < 4.78 is 42.8. The van der Waals surface area contributed by atoms with Gasteiger partial charge in [0, 0.05) is 31.9 Å². The molecule has 0 aliphatic carbocycles. The molecule has 0 bridgehead atoms. The zero-order valence-electron chi connectivity index (χ0n) is 14.8. The first-order valence-electron chi connectivity index (χ1n) is 8.38. The Bertz CT molecular complexity index is 952. The van der Waals surface area contributed by atoms with Gasteiger partial charge in [-0.25, -0.2) is 0 Å². The predicted octanol–water partition coefficient (Wildman–Crippen LogP) is 4.10. The van der Waals surface area contributed by atoms with Crippen LogP contribution in [0.3, 0.4) is 0 Å². The quantitative estimate of drug-likeness (QED) is 0.738. The fourth-order valence-electron chi connectivity index (χ4n) is 2.91. The molecule has 154 valence electrons. The molecule has 1 amide bonds. The van der Waals surface area contributed by atoms with Gasteiger partial charge in [-0.2, -0.15) is 22.8 Å². The number of benzene rings is 1. The SMILES string of the molecule is N#Cc1c(Cl)nsc1N1CCN(CC(=O)Nc2ccc(Cl)c(C(F)(F)F)c2)CC1. The normalized spacial score (nSPS) is 15.2. The molecule has 1 saturated heterocycles. The summed E-state index contributed by atoms with van der Waals surface area (Å²) in [5, 5.41) is 12.1. The summed E-state index contributed by atoms with van der Waals surface area (Å²) in [6.07, 6.45) is -4.60. The Morgan fingerprint density at radius 2 is 1.97 bits per heavy atom. The maximum absolute atomic E-state index is 12.9. The fourth-order valence-corrected chi connectivity index (χ4v) is 4.21. The van der Waals surface area contributed by atoms with Gasteiger partial charge in [0.2, 0.25) is 5.91 Å². The summed E-state index contributed by atoms with van der Waals surface area (Å²) in [5.74, 6) is -0.424. The molecule has 2 heterocycles. The third kappa shape index (κ3) is 5.11. The third-order valence-corrected chi connectivity index (χ3v) is 5.94. The van der Waals surface area contributed by atoms with Crippen molar-refractivity contribution in [2.45, 2.75) is 6.18 Å². The van der Waals surface area contributed by atoms with E-state index in [2.05, 4.69) is 9.69 Å². The lowest BCUT2D eigenvalue weighted by Crippen LogP contribution is -2.48. The number of anilines is 2. The highest BCUT2D eigenvalue weighted by Crippen LogP contribution is 2.36. The Balaban J connectivity index is 1.56. The van der Waals surface area contributed by atoms with E-state index in [0.717, 1.165) is 23.7 Å². The van der Waals surface area contributed by atoms with Gasteiger partial charge in [-0.3, -0.25) is 9.69 Å². The van der Waals surface area contributed by atoms with Crippen molar-refractivity contribution in [2.75, 3.05) is 42.9 Å². The van der Waals surface area contributed by atoms with Crippen LogP contribution >= 0.6 is 34.7 Å². The zero-order chi connectivity index (χ0) is 21.2. The molecule has 2 aromatic rings. The molecule has 0 unspecified atom stereocenters. The molecule has 0 saturated carbocycles. The Labute approximate surface area is 178 Å². The number of carbonyl (C=O) groups excluding carboxylic acids is 1. The predicted molar refractivity (Wildman–Crippen MR) is 106 cm³/mol. The average molecular weight is 464 g/mol. The van der Waals surface area contributed by atoms with Crippen molar-refractivity contribution >= 4 is 51.3 Å². The minimum atomic E-state index is -4.60. The minimum absolute atomic E-state index is 0.0309. The van der Waals surface area contributed by atoms with E-state index in [1.165, 1.54) is 6.07 Å². The summed E-state index contributed by atoms with van der Waals surface area (Å²) in [6.45, 7) is 2.26. The van der Waals surface area contributed by atoms with Crippen LogP contribution in [0.4, 0.5) is 23.9 Å². The van der Waals surface area contributed by atoms with Crippen molar-refractivity contribution in [3.8, 4) is 6.07 Å². The Morgan fingerprint density at radius 3 is 2.59 bits per heavy atom. The van der Waals surface area contributed by atoms with E-state index in [0.29, 0.717) is 36.7 Å². The highest BCUT2D eigenvalue weighted by Gasteiger charge is 2.33. The van der Waals surface area contributed by atoms with Gasteiger partial charge in [0.1, 0.15) is 16.6 Å². The van der Waals surface area contributed by atoms with Gasteiger partial charge in [-0.15, -0.1) is 0 Å². The van der Waals surface area contributed by atoms with Gasteiger partial charge >= 0.3 is 6.18 Å². The number of rotatable bonds is 4. The van der Waals surface area contributed by atoms with Crippen molar-refractivity contribution in [3.05, 3.63) is 39.5 Å². The van der Waals surface area contributed by atoms with Gasteiger partial charge in [0.25, 0.3) is 0 Å². The lowest BCUT2D eigenvalue weighted by atomic mass is 10.2. The molecule has 3 rings (SSSR count). The highest BCUT2D eigenvalue weighted by molar-refractivity contribution is 7.10. The van der Waals surface area contributed by atoms with Crippen molar-refractivity contribution < 1.29 is 18.0 Å². The maximum atomic E-state index is 12.9. The number of hydrogen-bond acceptors (Lipinski definition) is 6. The largest absolute Gasteiger partial charge is 0.417 e. The number of halogens is 5. The van der Waals surface area contributed by atoms with Crippen LogP contribution in [0.5, 0.6) is 0 Å². The first-order chi connectivity index (χ1) is 13.7. The second-order valence-corrected chi connectivity index (χ2v) is 7.79. The average Bonchev–Trinajstić information content (AvgIpc) is 3.03. The van der Waals surface area contributed by atoms with Crippen LogP contribution in [0.25, 0.3) is 0 Å². The molecule has 6 nitrogen and oxygen atoms in total. The van der Waals surface area contributed by atoms with Crippen LogP contribution in [-0.2, 0) is 11.0 Å². The number of carbonyl (C=O) groups is 1. The van der Waals surface area contributed by atoms with E-state index in [9.17, 15) is 23.2 Å². The first-order valence-corrected chi connectivity index (χ1v) is 9.91. The monoisotopic (exact) mass is 463 g/mol. The summed E-state index contributed by atoms with van der Waals surface area (Å²) in [4.78, 5) is 16.1. The summed E-state index contributed by atoms with van der Waals surface area (Å²) in [7, 11) is 0. The topological polar surface area (TPSA) is 72.3 Å². The molecule has 12 heteroatoms. The number of nitriles is 1.